The Morgan fingerprint density at radius 1 is 1.43 bits per heavy atom. The summed E-state index contributed by atoms with van der Waals surface area (Å²) in [6, 6.07) is 7.37. The lowest BCUT2D eigenvalue weighted by Crippen LogP contribution is -2.39. The Morgan fingerprint density at radius 2 is 2.19 bits per heavy atom. The number of ether oxygens (including phenoxy) is 1. The highest BCUT2D eigenvalue weighted by Gasteiger charge is 2.18. The zero-order valence-corrected chi connectivity index (χ0v) is 12.9. The van der Waals surface area contributed by atoms with Crippen LogP contribution in [0.15, 0.2) is 24.3 Å². The zero-order chi connectivity index (χ0) is 15.7. The van der Waals surface area contributed by atoms with Gasteiger partial charge in [-0.05, 0) is 32.0 Å². The number of aliphatic hydroxyl groups excluding tert-OH is 1. The highest BCUT2D eigenvalue weighted by molar-refractivity contribution is 5.94. The molecule has 0 unspecified atom stereocenters. The molecule has 4 heteroatoms. The molecule has 0 fully saturated rings. The quantitative estimate of drug-likeness (QED) is 0.814. The van der Waals surface area contributed by atoms with Crippen LogP contribution in [0.3, 0.4) is 0 Å². The van der Waals surface area contributed by atoms with E-state index in [1.165, 1.54) is 0 Å². The summed E-state index contributed by atoms with van der Waals surface area (Å²) in [5, 5.41) is 8.73. The van der Waals surface area contributed by atoms with Crippen LogP contribution in [0.25, 0.3) is 0 Å². The Balaban J connectivity index is 2.90. The number of hydrogen-bond donors (Lipinski definition) is 1. The molecule has 1 aromatic rings. The van der Waals surface area contributed by atoms with Gasteiger partial charge in [-0.3, -0.25) is 4.79 Å². The van der Waals surface area contributed by atoms with E-state index in [4.69, 9.17) is 9.84 Å². The zero-order valence-electron chi connectivity index (χ0n) is 12.9. The van der Waals surface area contributed by atoms with Crippen LogP contribution in [0, 0.1) is 11.8 Å². The van der Waals surface area contributed by atoms with Gasteiger partial charge >= 0.3 is 0 Å². The normalized spacial score (nSPS) is 10.1. The molecule has 1 N–H and O–H groups in total. The fourth-order valence-electron chi connectivity index (χ4n) is 1.90. The largest absolute Gasteiger partial charge is 0.395 e. The van der Waals surface area contributed by atoms with Crippen molar-refractivity contribution in [3.05, 3.63) is 35.4 Å². The van der Waals surface area contributed by atoms with Crippen LogP contribution in [0.5, 0.6) is 0 Å². The van der Waals surface area contributed by atoms with Crippen molar-refractivity contribution in [3.8, 4) is 11.8 Å². The van der Waals surface area contributed by atoms with Crippen LogP contribution in [0.4, 0.5) is 0 Å². The Labute approximate surface area is 126 Å². The number of aliphatic hydroxyl groups is 1. The molecule has 0 aliphatic carbocycles. The lowest BCUT2D eigenvalue weighted by atomic mass is 10.1. The average molecular weight is 289 g/mol. The van der Waals surface area contributed by atoms with E-state index in [2.05, 4.69) is 11.8 Å². The first-order chi connectivity index (χ1) is 10.1. The van der Waals surface area contributed by atoms with Crippen molar-refractivity contribution in [3.63, 3.8) is 0 Å². The molecule has 0 aliphatic rings. The SMILES string of the molecule is COCCN(C(=O)c1cccc(C#CCCO)c1)C(C)C. The number of rotatable bonds is 6. The van der Waals surface area contributed by atoms with Crippen molar-refractivity contribution in [2.45, 2.75) is 26.3 Å². The monoisotopic (exact) mass is 289 g/mol. The van der Waals surface area contributed by atoms with Gasteiger partial charge in [0.2, 0.25) is 0 Å². The molecule has 4 nitrogen and oxygen atoms in total. The Bertz CT molecular complexity index is 514. The maximum Gasteiger partial charge on any atom is 0.254 e. The van der Waals surface area contributed by atoms with Crippen molar-refractivity contribution in [2.24, 2.45) is 0 Å². The number of carbonyl (C=O) groups is 1. The van der Waals surface area contributed by atoms with Crippen LogP contribution in [-0.2, 0) is 4.74 Å². The molecule has 0 saturated carbocycles. The fourth-order valence-corrected chi connectivity index (χ4v) is 1.90. The second kappa shape index (κ2) is 9.17. The maximum absolute atomic E-state index is 12.6. The highest BCUT2D eigenvalue weighted by atomic mass is 16.5. The van der Waals surface area contributed by atoms with Crippen molar-refractivity contribution in [2.75, 3.05) is 26.9 Å². The molecule has 0 bridgehead atoms. The first-order valence-corrected chi connectivity index (χ1v) is 7.09. The van der Waals surface area contributed by atoms with Crippen LogP contribution in [0.2, 0.25) is 0 Å². The minimum absolute atomic E-state index is 0.0205. The van der Waals surface area contributed by atoms with E-state index in [1.54, 1.807) is 24.1 Å². The van der Waals surface area contributed by atoms with Gasteiger partial charge in [-0.1, -0.05) is 17.9 Å². The summed E-state index contributed by atoms with van der Waals surface area (Å²) in [4.78, 5) is 14.3. The molecule has 0 aromatic heterocycles. The van der Waals surface area contributed by atoms with E-state index < -0.39 is 0 Å². The first kappa shape index (κ1) is 17.2. The number of hydrogen-bond acceptors (Lipinski definition) is 3. The number of benzene rings is 1. The summed E-state index contributed by atoms with van der Waals surface area (Å²) >= 11 is 0. The Kier molecular flexibility index (Phi) is 7.52. The van der Waals surface area contributed by atoms with E-state index in [0.717, 1.165) is 5.56 Å². The molecule has 0 atom stereocenters. The highest BCUT2D eigenvalue weighted by Crippen LogP contribution is 2.10. The first-order valence-electron chi connectivity index (χ1n) is 7.09. The fraction of sp³-hybridized carbons (Fsp3) is 0.471. The molecule has 0 heterocycles. The van der Waals surface area contributed by atoms with Crippen molar-refractivity contribution >= 4 is 5.91 Å². The molecular formula is C17H23NO3. The summed E-state index contributed by atoms with van der Waals surface area (Å²) in [5.74, 6) is 5.79. The molecular weight excluding hydrogens is 266 g/mol. The van der Waals surface area contributed by atoms with E-state index >= 15 is 0 Å². The van der Waals surface area contributed by atoms with Gasteiger partial charge in [0.1, 0.15) is 0 Å². The van der Waals surface area contributed by atoms with Gasteiger partial charge < -0.3 is 14.7 Å². The molecule has 1 amide bonds. The van der Waals surface area contributed by atoms with Gasteiger partial charge in [-0.15, -0.1) is 0 Å². The summed E-state index contributed by atoms with van der Waals surface area (Å²) in [6.07, 6.45) is 0.435. The number of nitrogens with zero attached hydrogens (tertiary/aromatic N) is 1. The molecule has 0 radical (unpaired) electrons. The predicted octanol–water partition coefficient (Wildman–Crippen LogP) is 1.92. The van der Waals surface area contributed by atoms with Gasteiger partial charge in [-0.2, -0.15) is 0 Å². The molecule has 21 heavy (non-hydrogen) atoms. The third-order valence-electron chi connectivity index (χ3n) is 3.00. The number of methoxy groups -OCH3 is 1. The van der Waals surface area contributed by atoms with E-state index in [-0.39, 0.29) is 18.6 Å². The molecule has 114 valence electrons. The summed E-state index contributed by atoms with van der Waals surface area (Å²) in [7, 11) is 1.63. The predicted molar refractivity (Wildman–Crippen MR) is 83.1 cm³/mol. The summed E-state index contributed by atoms with van der Waals surface area (Å²) < 4.78 is 5.06. The number of carbonyl (C=O) groups excluding carboxylic acids is 1. The van der Waals surface area contributed by atoms with Crippen LogP contribution in [0.1, 0.15) is 36.2 Å². The second-order valence-electron chi connectivity index (χ2n) is 4.94. The third kappa shape index (κ3) is 5.58. The number of amides is 1. The molecule has 0 spiro atoms. The van der Waals surface area contributed by atoms with Crippen LogP contribution in [-0.4, -0.2) is 48.8 Å². The Hall–Kier alpha value is -1.83. The molecule has 1 rings (SSSR count). The van der Waals surface area contributed by atoms with Gasteiger partial charge in [0.15, 0.2) is 0 Å². The van der Waals surface area contributed by atoms with Gasteiger partial charge in [0, 0.05) is 37.2 Å². The molecule has 0 saturated heterocycles. The van der Waals surface area contributed by atoms with Gasteiger partial charge in [0.05, 0.1) is 13.2 Å². The van der Waals surface area contributed by atoms with Gasteiger partial charge in [-0.25, -0.2) is 0 Å². The lowest BCUT2D eigenvalue weighted by molar-refractivity contribution is 0.0635. The minimum atomic E-state index is -0.0205. The average Bonchev–Trinajstić information content (AvgIpc) is 2.47. The maximum atomic E-state index is 12.6. The minimum Gasteiger partial charge on any atom is -0.395 e. The van der Waals surface area contributed by atoms with Crippen LogP contribution >= 0.6 is 0 Å². The third-order valence-corrected chi connectivity index (χ3v) is 3.00. The Morgan fingerprint density at radius 3 is 2.81 bits per heavy atom. The molecule has 1 aromatic carbocycles. The van der Waals surface area contributed by atoms with Crippen molar-refractivity contribution in [1.82, 2.24) is 4.90 Å². The standard InChI is InChI=1S/C17H23NO3/c1-14(2)18(10-12-21-3)17(20)16-9-6-8-15(13-16)7-4-5-11-19/h6,8-9,13-14,19H,5,10-12H2,1-3H3. The summed E-state index contributed by atoms with van der Waals surface area (Å²) in [5.41, 5.74) is 1.40. The topological polar surface area (TPSA) is 49.8 Å². The van der Waals surface area contributed by atoms with Crippen molar-refractivity contribution < 1.29 is 14.6 Å². The van der Waals surface area contributed by atoms with E-state index in [0.29, 0.717) is 25.1 Å². The smallest absolute Gasteiger partial charge is 0.254 e. The van der Waals surface area contributed by atoms with Crippen molar-refractivity contribution in [1.29, 1.82) is 0 Å². The lowest BCUT2D eigenvalue weighted by Gasteiger charge is -2.26. The van der Waals surface area contributed by atoms with Crippen LogP contribution < -0.4 is 0 Å². The van der Waals surface area contributed by atoms with Gasteiger partial charge in [0.25, 0.3) is 5.91 Å². The summed E-state index contributed by atoms with van der Waals surface area (Å²) in [6.45, 7) is 5.09. The molecule has 0 aliphatic heterocycles. The van der Waals surface area contributed by atoms with E-state index in [1.807, 2.05) is 26.0 Å². The second-order valence-corrected chi connectivity index (χ2v) is 4.94. The van der Waals surface area contributed by atoms with E-state index in [9.17, 15) is 4.79 Å².